The highest BCUT2D eigenvalue weighted by molar-refractivity contribution is 7.99. The summed E-state index contributed by atoms with van der Waals surface area (Å²) >= 11 is 1.42. The number of carbonyl (C=O) groups excluding carboxylic acids is 1. The number of hydrogen-bond acceptors (Lipinski definition) is 4. The zero-order chi connectivity index (χ0) is 20.1. The largest absolute Gasteiger partial charge is 0.496 e. The van der Waals surface area contributed by atoms with Crippen LogP contribution in [-0.2, 0) is 4.79 Å². The SMILES string of the molecule is COc1ccccc1[C@H](C)NC(=O)CSc1nccn1-c1cc(C)cc(C)c1. The molecule has 1 amide bonds. The second kappa shape index (κ2) is 8.97. The quantitative estimate of drug-likeness (QED) is 0.600. The third-order valence-electron chi connectivity index (χ3n) is 4.41. The first-order valence-corrected chi connectivity index (χ1v) is 10.1. The Bertz CT molecular complexity index is 948. The lowest BCUT2D eigenvalue weighted by atomic mass is 10.1. The Morgan fingerprint density at radius 3 is 2.64 bits per heavy atom. The zero-order valence-electron chi connectivity index (χ0n) is 16.6. The molecule has 0 aliphatic carbocycles. The summed E-state index contributed by atoms with van der Waals surface area (Å²) in [6.07, 6.45) is 3.68. The molecular formula is C22H25N3O2S. The third-order valence-corrected chi connectivity index (χ3v) is 5.37. The van der Waals surface area contributed by atoms with E-state index in [0.717, 1.165) is 22.2 Å². The molecule has 0 aliphatic heterocycles. The van der Waals surface area contributed by atoms with Gasteiger partial charge in [0.05, 0.1) is 18.9 Å². The van der Waals surface area contributed by atoms with E-state index < -0.39 is 0 Å². The molecule has 0 spiro atoms. The van der Waals surface area contributed by atoms with Crippen molar-refractivity contribution in [3.63, 3.8) is 0 Å². The number of rotatable bonds is 7. The number of aromatic nitrogens is 2. The van der Waals surface area contributed by atoms with E-state index in [4.69, 9.17) is 4.74 Å². The molecule has 5 nitrogen and oxygen atoms in total. The van der Waals surface area contributed by atoms with Gasteiger partial charge >= 0.3 is 0 Å². The summed E-state index contributed by atoms with van der Waals surface area (Å²) < 4.78 is 7.40. The maximum absolute atomic E-state index is 12.5. The number of amides is 1. The number of nitrogens with one attached hydrogen (secondary N) is 1. The van der Waals surface area contributed by atoms with Crippen LogP contribution in [0.25, 0.3) is 5.69 Å². The van der Waals surface area contributed by atoms with Gasteiger partial charge in [0.1, 0.15) is 5.75 Å². The summed E-state index contributed by atoms with van der Waals surface area (Å²) in [5, 5.41) is 3.83. The van der Waals surface area contributed by atoms with E-state index in [0.29, 0.717) is 5.75 Å². The highest BCUT2D eigenvalue weighted by Crippen LogP contribution is 2.25. The molecule has 6 heteroatoms. The molecule has 1 atom stereocenters. The number of carbonyl (C=O) groups is 1. The average molecular weight is 396 g/mol. The molecule has 0 radical (unpaired) electrons. The number of benzene rings is 2. The van der Waals surface area contributed by atoms with E-state index in [9.17, 15) is 4.79 Å². The molecule has 0 saturated heterocycles. The van der Waals surface area contributed by atoms with Gasteiger partial charge in [-0.1, -0.05) is 36.0 Å². The molecule has 1 N–H and O–H groups in total. The first kappa shape index (κ1) is 20.0. The maximum Gasteiger partial charge on any atom is 0.230 e. The van der Waals surface area contributed by atoms with Crippen LogP contribution in [0, 0.1) is 13.8 Å². The number of thioether (sulfide) groups is 1. The molecule has 0 saturated carbocycles. The fourth-order valence-electron chi connectivity index (χ4n) is 3.20. The second-order valence-electron chi connectivity index (χ2n) is 6.75. The summed E-state index contributed by atoms with van der Waals surface area (Å²) in [6.45, 7) is 6.11. The summed E-state index contributed by atoms with van der Waals surface area (Å²) in [4.78, 5) is 16.9. The maximum atomic E-state index is 12.5. The highest BCUT2D eigenvalue weighted by Gasteiger charge is 2.15. The Balaban J connectivity index is 1.65. The van der Waals surface area contributed by atoms with Crippen LogP contribution in [0.1, 0.15) is 29.7 Å². The summed E-state index contributed by atoms with van der Waals surface area (Å²) in [6, 6.07) is 13.9. The minimum Gasteiger partial charge on any atom is -0.496 e. The molecular weight excluding hydrogens is 370 g/mol. The molecule has 0 unspecified atom stereocenters. The van der Waals surface area contributed by atoms with Gasteiger partial charge in [0.15, 0.2) is 5.16 Å². The van der Waals surface area contributed by atoms with Gasteiger partial charge in [-0.25, -0.2) is 4.98 Å². The van der Waals surface area contributed by atoms with Crippen LogP contribution in [0.4, 0.5) is 0 Å². The van der Waals surface area contributed by atoms with Crippen LogP contribution >= 0.6 is 11.8 Å². The molecule has 3 rings (SSSR count). The van der Waals surface area contributed by atoms with Crippen molar-refractivity contribution in [2.75, 3.05) is 12.9 Å². The van der Waals surface area contributed by atoms with E-state index in [1.165, 1.54) is 22.9 Å². The predicted molar refractivity (Wildman–Crippen MR) is 113 cm³/mol. The fraction of sp³-hybridized carbons (Fsp3) is 0.273. The number of nitrogens with zero attached hydrogens (tertiary/aromatic N) is 2. The van der Waals surface area contributed by atoms with Crippen molar-refractivity contribution in [1.29, 1.82) is 0 Å². The van der Waals surface area contributed by atoms with E-state index in [1.54, 1.807) is 13.3 Å². The lowest BCUT2D eigenvalue weighted by Crippen LogP contribution is -2.28. The lowest BCUT2D eigenvalue weighted by molar-refractivity contribution is -0.119. The summed E-state index contributed by atoms with van der Waals surface area (Å²) in [5.74, 6) is 1.02. The first-order valence-electron chi connectivity index (χ1n) is 9.15. The number of hydrogen-bond donors (Lipinski definition) is 1. The number of para-hydroxylation sites is 1. The smallest absolute Gasteiger partial charge is 0.230 e. The number of methoxy groups -OCH3 is 1. The average Bonchev–Trinajstić information content (AvgIpc) is 3.14. The van der Waals surface area contributed by atoms with Gasteiger partial charge in [0.25, 0.3) is 0 Å². The number of ether oxygens (including phenoxy) is 1. The van der Waals surface area contributed by atoms with Crippen molar-refractivity contribution in [1.82, 2.24) is 14.9 Å². The summed E-state index contributed by atoms with van der Waals surface area (Å²) in [5.41, 5.74) is 4.41. The van der Waals surface area contributed by atoms with Crippen molar-refractivity contribution in [2.24, 2.45) is 0 Å². The molecule has 146 valence electrons. The van der Waals surface area contributed by atoms with Gasteiger partial charge in [-0.2, -0.15) is 0 Å². The van der Waals surface area contributed by atoms with Crippen molar-refractivity contribution in [3.8, 4) is 11.4 Å². The van der Waals surface area contributed by atoms with Gasteiger partial charge in [-0.05, 0) is 50.1 Å². The van der Waals surface area contributed by atoms with Crippen LogP contribution in [0.3, 0.4) is 0 Å². The molecule has 28 heavy (non-hydrogen) atoms. The lowest BCUT2D eigenvalue weighted by Gasteiger charge is -2.17. The Labute approximate surface area is 170 Å². The van der Waals surface area contributed by atoms with E-state index in [2.05, 4.69) is 42.3 Å². The normalized spacial score (nSPS) is 11.9. The van der Waals surface area contributed by atoms with Crippen molar-refractivity contribution in [2.45, 2.75) is 32.0 Å². The van der Waals surface area contributed by atoms with Crippen molar-refractivity contribution in [3.05, 3.63) is 71.5 Å². The van der Waals surface area contributed by atoms with E-state index in [1.807, 2.05) is 42.0 Å². The van der Waals surface area contributed by atoms with Crippen molar-refractivity contribution >= 4 is 17.7 Å². The Morgan fingerprint density at radius 1 is 1.21 bits per heavy atom. The minimum atomic E-state index is -0.136. The van der Waals surface area contributed by atoms with Crippen LogP contribution in [-0.4, -0.2) is 28.3 Å². The molecule has 0 fully saturated rings. The van der Waals surface area contributed by atoms with Crippen molar-refractivity contribution < 1.29 is 9.53 Å². The monoisotopic (exact) mass is 395 g/mol. The topological polar surface area (TPSA) is 56.1 Å². The molecule has 1 heterocycles. The van der Waals surface area contributed by atoms with Gasteiger partial charge in [0, 0.05) is 23.6 Å². The Kier molecular flexibility index (Phi) is 6.41. The molecule has 0 aliphatic rings. The van der Waals surface area contributed by atoms with Gasteiger partial charge in [-0.3, -0.25) is 9.36 Å². The molecule has 3 aromatic rings. The second-order valence-corrected chi connectivity index (χ2v) is 7.69. The highest BCUT2D eigenvalue weighted by atomic mass is 32.2. The van der Waals surface area contributed by atoms with Crippen LogP contribution in [0.15, 0.2) is 60.0 Å². The van der Waals surface area contributed by atoms with E-state index in [-0.39, 0.29) is 11.9 Å². The number of imidazole rings is 1. The molecule has 0 bridgehead atoms. The predicted octanol–water partition coefficient (Wildman–Crippen LogP) is 4.47. The summed E-state index contributed by atoms with van der Waals surface area (Å²) in [7, 11) is 1.63. The Hall–Kier alpha value is -2.73. The number of aryl methyl sites for hydroxylation is 2. The molecule has 2 aromatic carbocycles. The standard InChI is InChI=1S/C22H25N3O2S/c1-15-11-16(2)13-18(12-15)25-10-9-23-22(25)28-14-21(26)24-17(3)19-7-5-6-8-20(19)27-4/h5-13,17H,14H2,1-4H3,(H,24,26)/t17-/m0/s1. The van der Waals surface area contributed by atoms with Gasteiger partial charge in [0.2, 0.25) is 5.91 Å². The fourth-order valence-corrected chi connectivity index (χ4v) is 3.98. The van der Waals surface area contributed by atoms with Crippen LogP contribution in [0.2, 0.25) is 0 Å². The first-order chi connectivity index (χ1) is 13.5. The Morgan fingerprint density at radius 2 is 1.93 bits per heavy atom. The zero-order valence-corrected chi connectivity index (χ0v) is 17.4. The van der Waals surface area contributed by atoms with Gasteiger partial charge < -0.3 is 10.1 Å². The van der Waals surface area contributed by atoms with Gasteiger partial charge in [-0.15, -0.1) is 0 Å². The van der Waals surface area contributed by atoms with Crippen LogP contribution in [0.5, 0.6) is 5.75 Å². The third kappa shape index (κ3) is 4.75. The minimum absolute atomic E-state index is 0.0432. The van der Waals surface area contributed by atoms with E-state index >= 15 is 0 Å². The van der Waals surface area contributed by atoms with Crippen LogP contribution < -0.4 is 10.1 Å². The molecule has 1 aromatic heterocycles.